The third kappa shape index (κ3) is 3.15. The molecule has 1 aliphatic heterocycles. The number of nitrogens with one attached hydrogen (secondary N) is 1. The Kier molecular flexibility index (Phi) is 4.01. The fourth-order valence-electron chi connectivity index (χ4n) is 2.92. The summed E-state index contributed by atoms with van der Waals surface area (Å²) in [5.41, 5.74) is 1.81. The SMILES string of the molecule is Cc1ccnc2nc(C(=O)NCc3ccc(N4CCCC4)nc3)nn12. The summed E-state index contributed by atoms with van der Waals surface area (Å²) in [4.78, 5) is 27.3. The van der Waals surface area contributed by atoms with E-state index in [4.69, 9.17) is 0 Å². The number of carbonyl (C=O) groups excluding carboxylic acids is 1. The molecule has 1 N–H and O–H groups in total. The van der Waals surface area contributed by atoms with Crippen molar-refractivity contribution in [1.29, 1.82) is 0 Å². The molecule has 0 radical (unpaired) electrons. The van der Waals surface area contributed by atoms with Crippen LogP contribution in [-0.4, -0.2) is 43.6 Å². The summed E-state index contributed by atoms with van der Waals surface area (Å²) in [7, 11) is 0. The molecule has 0 aliphatic carbocycles. The lowest BCUT2D eigenvalue weighted by Gasteiger charge is -2.16. The van der Waals surface area contributed by atoms with E-state index in [1.54, 1.807) is 16.9 Å². The second kappa shape index (κ2) is 6.46. The number of amides is 1. The molecule has 1 saturated heterocycles. The van der Waals surface area contributed by atoms with E-state index in [0.717, 1.165) is 30.2 Å². The third-order valence-corrected chi connectivity index (χ3v) is 4.33. The van der Waals surface area contributed by atoms with Gasteiger partial charge in [-0.1, -0.05) is 6.07 Å². The zero-order valence-electron chi connectivity index (χ0n) is 14.0. The van der Waals surface area contributed by atoms with Crippen LogP contribution in [0.25, 0.3) is 5.78 Å². The molecular formula is C17H19N7O. The van der Waals surface area contributed by atoms with Gasteiger partial charge in [0.05, 0.1) is 0 Å². The van der Waals surface area contributed by atoms with Crippen LogP contribution >= 0.6 is 0 Å². The molecule has 3 aromatic rings. The molecular weight excluding hydrogens is 318 g/mol. The lowest BCUT2D eigenvalue weighted by molar-refractivity contribution is 0.0940. The predicted molar refractivity (Wildman–Crippen MR) is 92.4 cm³/mol. The molecule has 0 bridgehead atoms. The van der Waals surface area contributed by atoms with Crippen LogP contribution in [-0.2, 0) is 6.54 Å². The first-order valence-electron chi connectivity index (χ1n) is 8.37. The molecule has 1 amide bonds. The summed E-state index contributed by atoms with van der Waals surface area (Å²) < 4.78 is 1.56. The standard InChI is InChI=1S/C17H19N7O/c1-12-6-7-18-17-21-15(22-24(12)17)16(25)20-11-13-4-5-14(19-10-13)23-8-2-3-9-23/h4-7,10H,2-3,8-9,11H2,1H3,(H,20,25). The summed E-state index contributed by atoms with van der Waals surface area (Å²) in [5.74, 6) is 1.20. The fourth-order valence-corrected chi connectivity index (χ4v) is 2.92. The first-order valence-corrected chi connectivity index (χ1v) is 8.37. The zero-order valence-corrected chi connectivity index (χ0v) is 14.0. The third-order valence-electron chi connectivity index (χ3n) is 4.33. The van der Waals surface area contributed by atoms with Gasteiger partial charge in [0.15, 0.2) is 0 Å². The largest absolute Gasteiger partial charge is 0.357 e. The number of anilines is 1. The zero-order chi connectivity index (χ0) is 17.2. The fraction of sp³-hybridized carbons (Fsp3) is 0.353. The minimum Gasteiger partial charge on any atom is -0.357 e. The quantitative estimate of drug-likeness (QED) is 0.773. The highest BCUT2D eigenvalue weighted by atomic mass is 16.2. The van der Waals surface area contributed by atoms with E-state index in [9.17, 15) is 4.79 Å². The molecule has 0 saturated carbocycles. The minimum atomic E-state index is -0.325. The highest BCUT2D eigenvalue weighted by molar-refractivity contribution is 5.90. The molecule has 25 heavy (non-hydrogen) atoms. The van der Waals surface area contributed by atoms with Crippen molar-refractivity contribution in [2.24, 2.45) is 0 Å². The Bertz CT molecular complexity index is 897. The van der Waals surface area contributed by atoms with Crippen LogP contribution in [0.15, 0.2) is 30.6 Å². The second-order valence-electron chi connectivity index (χ2n) is 6.13. The highest BCUT2D eigenvalue weighted by Gasteiger charge is 2.15. The summed E-state index contributed by atoms with van der Waals surface area (Å²) in [6.45, 7) is 4.40. The van der Waals surface area contributed by atoms with Crippen molar-refractivity contribution in [2.75, 3.05) is 18.0 Å². The van der Waals surface area contributed by atoms with Gasteiger partial charge in [0, 0.05) is 37.7 Å². The number of carbonyl (C=O) groups is 1. The summed E-state index contributed by atoms with van der Waals surface area (Å²) in [6, 6.07) is 5.81. The second-order valence-corrected chi connectivity index (χ2v) is 6.13. The van der Waals surface area contributed by atoms with E-state index in [0.29, 0.717) is 12.3 Å². The molecule has 0 atom stereocenters. The van der Waals surface area contributed by atoms with E-state index in [2.05, 4.69) is 30.3 Å². The molecule has 1 fully saturated rings. The average Bonchev–Trinajstić information content (AvgIpc) is 3.30. The smallest absolute Gasteiger partial charge is 0.291 e. The molecule has 8 nitrogen and oxygen atoms in total. The molecule has 4 rings (SSSR count). The van der Waals surface area contributed by atoms with Crippen molar-refractivity contribution in [3.05, 3.63) is 47.7 Å². The Labute approximate surface area is 144 Å². The number of pyridine rings is 1. The molecule has 3 aromatic heterocycles. The first-order chi connectivity index (χ1) is 12.2. The van der Waals surface area contributed by atoms with Crippen molar-refractivity contribution < 1.29 is 4.79 Å². The Balaban J connectivity index is 1.41. The Morgan fingerprint density at radius 3 is 2.76 bits per heavy atom. The van der Waals surface area contributed by atoms with Crippen molar-refractivity contribution in [3.8, 4) is 0 Å². The number of rotatable bonds is 4. The predicted octanol–water partition coefficient (Wildman–Crippen LogP) is 1.36. The number of nitrogens with zero attached hydrogens (tertiary/aromatic N) is 6. The first kappa shape index (κ1) is 15.5. The average molecular weight is 337 g/mol. The maximum Gasteiger partial charge on any atom is 0.291 e. The van der Waals surface area contributed by atoms with Gasteiger partial charge in [-0.15, -0.1) is 5.10 Å². The topological polar surface area (TPSA) is 88.3 Å². The maximum absolute atomic E-state index is 12.3. The summed E-state index contributed by atoms with van der Waals surface area (Å²) in [5, 5.41) is 7.03. The summed E-state index contributed by atoms with van der Waals surface area (Å²) in [6.07, 6.45) is 5.89. The van der Waals surface area contributed by atoms with Crippen LogP contribution in [0.1, 0.15) is 34.7 Å². The minimum absolute atomic E-state index is 0.114. The lowest BCUT2D eigenvalue weighted by Crippen LogP contribution is -2.24. The molecule has 8 heteroatoms. The lowest BCUT2D eigenvalue weighted by atomic mass is 10.2. The maximum atomic E-state index is 12.3. The van der Waals surface area contributed by atoms with Gasteiger partial charge >= 0.3 is 0 Å². The van der Waals surface area contributed by atoms with Crippen LogP contribution < -0.4 is 10.2 Å². The van der Waals surface area contributed by atoms with E-state index in [-0.39, 0.29) is 11.7 Å². The van der Waals surface area contributed by atoms with Gasteiger partial charge in [0.25, 0.3) is 11.7 Å². The Morgan fingerprint density at radius 2 is 2.04 bits per heavy atom. The molecule has 0 unspecified atom stereocenters. The molecule has 1 aliphatic rings. The van der Waals surface area contributed by atoms with Crippen LogP contribution in [0.2, 0.25) is 0 Å². The van der Waals surface area contributed by atoms with Gasteiger partial charge < -0.3 is 10.2 Å². The van der Waals surface area contributed by atoms with E-state index < -0.39 is 0 Å². The van der Waals surface area contributed by atoms with Gasteiger partial charge in [-0.25, -0.2) is 14.5 Å². The van der Waals surface area contributed by atoms with E-state index >= 15 is 0 Å². The van der Waals surface area contributed by atoms with Crippen LogP contribution in [0.4, 0.5) is 5.82 Å². The van der Waals surface area contributed by atoms with E-state index in [1.165, 1.54) is 12.8 Å². The Morgan fingerprint density at radius 1 is 1.20 bits per heavy atom. The molecule has 128 valence electrons. The van der Waals surface area contributed by atoms with Crippen LogP contribution in [0.3, 0.4) is 0 Å². The van der Waals surface area contributed by atoms with Crippen molar-refractivity contribution in [2.45, 2.75) is 26.3 Å². The molecule has 0 spiro atoms. The number of fused-ring (bicyclic) bond motifs is 1. The van der Waals surface area contributed by atoms with Crippen LogP contribution in [0, 0.1) is 6.92 Å². The van der Waals surface area contributed by atoms with Gasteiger partial charge in [0.1, 0.15) is 5.82 Å². The molecule has 4 heterocycles. The monoisotopic (exact) mass is 337 g/mol. The normalized spacial score (nSPS) is 14.2. The number of aromatic nitrogens is 5. The van der Waals surface area contributed by atoms with Gasteiger partial charge in [0.2, 0.25) is 5.82 Å². The molecule has 0 aromatic carbocycles. The number of hydrogen-bond donors (Lipinski definition) is 1. The van der Waals surface area contributed by atoms with Crippen LogP contribution in [0.5, 0.6) is 0 Å². The van der Waals surface area contributed by atoms with Gasteiger partial charge in [-0.2, -0.15) is 4.98 Å². The highest BCUT2D eigenvalue weighted by Crippen LogP contribution is 2.17. The number of hydrogen-bond acceptors (Lipinski definition) is 6. The van der Waals surface area contributed by atoms with Crippen molar-refractivity contribution in [1.82, 2.24) is 29.9 Å². The number of aryl methyl sites for hydroxylation is 1. The van der Waals surface area contributed by atoms with Crippen molar-refractivity contribution in [3.63, 3.8) is 0 Å². The van der Waals surface area contributed by atoms with Gasteiger partial charge in [-0.05, 0) is 37.5 Å². The summed E-state index contributed by atoms with van der Waals surface area (Å²) >= 11 is 0. The van der Waals surface area contributed by atoms with E-state index in [1.807, 2.05) is 25.1 Å². The van der Waals surface area contributed by atoms with Crippen molar-refractivity contribution >= 4 is 17.5 Å². The van der Waals surface area contributed by atoms with Gasteiger partial charge in [-0.3, -0.25) is 4.79 Å². The Hall–Kier alpha value is -3.03.